The number of likely N-dealkylation sites (tertiary alicyclic amines) is 1. The molecule has 1 aromatic heterocycles. The van der Waals surface area contributed by atoms with Gasteiger partial charge in [0.1, 0.15) is 11.7 Å². The predicted octanol–water partition coefficient (Wildman–Crippen LogP) is 3.26. The van der Waals surface area contributed by atoms with Crippen molar-refractivity contribution >= 4 is 32.5 Å². The summed E-state index contributed by atoms with van der Waals surface area (Å²) < 4.78 is 23.7. The Kier molecular flexibility index (Phi) is 7.07. The monoisotopic (exact) mass is 519 g/mol. The van der Waals surface area contributed by atoms with Crippen molar-refractivity contribution in [3.05, 3.63) is 78.4 Å². The van der Waals surface area contributed by atoms with Gasteiger partial charge in [-0.05, 0) is 67.7 Å². The van der Waals surface area contributed by atoms with Gasteiger partial charge in [-0.3, -0.25) is 14.8 Å². The second-order valence-corrected chi connectivity index (χ2v) is 10.9. The smallest absolute Gasteiger partial charge is 0.246 e. The van der Waals surface area contributed by atoms with Crippen LogP contribution in [0.25, 0.3) is 22.2 Å². The van der Waals surface area contributed by atoms with Gasteiger partial charge in [0.2, 0.25) is 15.9 Å². The molecule has 3 aromatic carbocycles. The van der Waals surface area contributed by atoms with Gasteiger partial charge in [-0.25, -0.2) is 13.6 Å². The van der Waals surface area contributed by atoms with E-state index in [2.05, 4.69) is 20.4 Å². The Balaban J connectivity index is 1.44. The molecule has 1 unspecified atom stereocenters. The molecule has 1 saturated heterocycles. The highest BCUT2D eigenvalue weighted by molar-refractivity contribution is 7.89. The Hall–Kier alpha value is -3.57. The van der Waals surface area contributed by atoms with Crippen molar-refractivity contribution in [1.29, 1.82) is 0 Å². The van der Waals surface area contributed by atoms with E-state index in [1.54, 1.807) is 12.1 Å². The van der Waals surface area contributed by atoms with Crippen LogP contribution in [-0.4, -0.2) is 54.2 Å². The van der Waals surface area contributed by atoms with E-state index in [-0.39, 0.29) is 23.3 Å². The third-order valence-electron chi connectivity index (χ3n) is 6.90. The molecule has 37 heavy (non-hydrogen) atoms. The second-order valence-electron chi connectivity index (χ2n) is 9.37. The molecule has 1 aliphatic rings. The number of carbonyl (C=O) groups is 1. The number of primary sulfonamides is 1. The SMILES string of the molecule is NS(=O)(=O)c1cccc(-c2n[nH]c3ccc(NC(=O)C(c4ccccc4)N4CCC(CO)CC4)cc23)c1. The van der Waals surface area contributed by atoms with E-state index in [0.29, 0.717) is 16.9 Å². The Morgan fingerprint density at radius 2 is 1.84 bits per heavy atom. The lowest BCUT2D eigenvalue weighted by molar-refractivity contribution is -0.122. The van der Waals surface area contributed by atoms with Crippen molar-refractivity contribution in [2.45, 2.75) is 23.8 Å². The van der Waals surface area contributed by atoms with E-state index in [1.807, 2.05) is 48.5 Å². The van der Waals surface area contributed by atoms with E-state index in [4.69, 9.17) is 5.14 Å². The number of anilines is 1. The topological polar surface area (TPSA) is 141 Å². The van der Waals surface area contributed by atoms with Crippen molar-refractivity contribution in [3.8, 4) is 11.3 Å². The fourth-order valence-corrected chi connectivity index (χ4v) is 5.46. The van der Waals surface area contributed by atoms with Gasteiger partial charge >= 0.3 is 0 Å². The van der Waals surface area contributed by atoms with Gasteiger partial charge in [0.15, 0.2) is 0 Å². The van der Waals surface area contributed by atoms with E-state index in [0.717, 1.165) is 42.4 Å². The minimum absolute atomic E-state index is 0.00118. The lowest BCUT2D eigenvalue weighted by Gasteiger charge is -2.36. The lowest BCUT2D eigenvalue weighted by atomic mass is 9.94. The molecular weight excluding hydrogens is 490 g/mol. The summed E-state index contributed by atoms with van der Waals surface area (Å²) in [6, 6.07) is 21.0. The van der Waals surface area contributed by atoms with Crippen molar-refractivity contribution in [3.63, 3.8) is 0 Å². The zero-order valence-electron chi connectivity index (χ0n) is 20.2. The first kappa shape index (κ1) is 25.1. The van der Waals surface area contributed by atoms with Gasteiger partial charge in [0, 0.05) is 23.2 Å². The summed E-state index contributed by atoms with van der Waals surface area (Å²) in [5.41, 5.74) is 3.42. The molecule has 192 valence electrons. The molecule has 1 atom stereocenters. The van der Waals surface area contributed by atoms with Crippen LogP contribution >= 0.6 is 0 Å². The van der Waals surface area contributed by atoms with Gasteiger partial charge in [-0.1, -0.05) is 42.5 Å². The summed E-state index contributed by atoms with van der Waals surface area (Å²) in [6.45, 7) is 1.62. The third-order valence-corrected chi connectivity index (χ3v) is 7.81. The largest absolute Gasteiger partial charge is 0.396 e. The number of piperidine rings is 1. The molecule has 10 heteroatoms. The second kappa shape index (κ2) is 10.4. The highest BCUT2D eigenvalue weighted by atomic mass is 32.2. The number of sulfonamides is 1. The first-order chi connectivity index (χ1) is 17.8. The summed E-state index contributed by atoms with van der Waals surface area (Å²) in [7, 11) is -3.86. The molecule has 0 bridgehead atoms. The Morgan fingerprint density at radius 1 is 1.08 bits per heavy atom. The fraction of sp³-hybridized carbons (Fsp3) is 0.259. The van der Waals surface area contributed by atoms with Gasteiger partial charge < -0.3 is 10.4 Å². The number of nitrogens with one attached hydrogen (secondary N) is 2. The van der Waals surface area contributed by atoms with Crippen molar-refractivity contribution < 1.29 is 18.3 Å². The number of H-pyrrole nitrogens is 1. The van der Waals surface area contributed by atoms with Gasteiger partial charge in [-0.2, -0.15) is 5.10 Å². The predicted molar refractivity (Wildman–Crippen MR) is 142 cm³/mol. The molecule has 1 aliphatic heterocycles. The molecule has 5 N–H and O–H groups in total. The summed E-state index contributed by atoms with van der Waals surface area (Å²) in [6.07, 6.45) is 1.68. The van der Waals surface area contributed by atoms with Gasteiger partial charge in [0.25, 0.3) is 0 Å². The van der Waals surface area contributed by atoms with Crippen LogP contribution in [0, 0.1) is 5.92 Å². The number of nitrogens with two attached hydrogens (primary N) is 1. The number of benzene rings is 3. The molecule has 1 fully saturated rings. The first-order valence-electron chi connectivity index (χ1n) is 12.2. The van der Waals surface area contributed by atoms with Crippen LogP contribution < -0.4 is 10.5 Å². The van der Waals surface area contributed by atoms with Crippen molar-refractivity contribution in [1.82, 2.24) is 15.1 Å². The highest BCUT2D eigenvalue weighted by Gasteiger charge is 2.31. The number of aliphatic hydroxyl groups excluding tert-OH is 1. The summed E-state index contributed by atoms with van der Waals surface area (Å²) >= 11 is 0. The van der Waals surface area contributed by atoms with Gasteiger partial charge in [0.05, 0.1) is 10.4 Å². The third kappa shape index (κ3) is 5.42. The average Bonchev–Trinajstić information content (AvgIpc) is 3.33. The number of aromatic amines is 1. The fourth-order valence-electron chi connectivity index (χ4n) is 4.90. The zero-order chi connectivity index (χ0) is 26.0. The van der Waals surface area contributed by atoms with Crippen LogP contribution in [0.2, 0.25) is 0 Å². The maximum atomic E-state index is 13.6. The van der Waals surface area contributed by atoms with Crippen LogP contribution in [0.15, 0.2) is 77.7 Å². The normalized spacial score (nSPS) is 16.1. The van der Waals surface area contributed by atoms with Crippen LogP contribution in [0.3, 0.4) is 0 Å². The summed E-state index contributed by atoms with van der Waals surface area (Å²) in [5, 5.41) is 26.0. The van der Waals surface area contributed by atoms with E-state index in [1.165, 1.54) is 12.1 Å². The maximum Gasteiger partial charge on any atom is 0.246 e. The van der Waals surface area contributed by atoms with Crippen LogP contribution in [0.4, 0.5) is 5.69 Å². The molecule has 4 aromatic rings. The van der Waals surface area contributed by atoms with E-state index >= 15 is 0 Å². The molecule has 9 nitrogen and oxygen atoms in total. The highest BCUT2D eigenvalue weighted by Crippen LogP contribution is 2.31. The number of nitrogens with zero attached hydrogens (tertiary/aromatic N) is 2. The number of carbonyl (C=O) groups excluding carboxylic acids is 1. The Morgan fingerprint density at radius 3 is 2.54 bits per heavy atom. The molecule has 0 saturated carbocycles. The Labute approximate surface area is 215 Å². The maximum absolute atomic E-state index is 13.6. The van der Waals surface area contributed by atoms with E-state index in [9.17, 15) is 18.3 Å². The molecule has 0 radical (unpaired) electrons. The van der Waals surface area contributed by atoms with Crippen LogP contribution in [-0.2, 0) is 14.8 Å². The van der Waals surface area contributed by atoms with Gasteiger partial charge in [-0.15, -0.1) is 0 Å². The molecule has 0 aliphatic carbocycles. The minimum Gasteiger partial charge on any atom is -0.396 e. The number of rotatable bonds is 7. The molecule has 1 amide bonds. The molecule has 5 rings (SSSR count). The number of amides is 1. The van der Waals surface area contributed by atoms with E-state index < -0.39 is 16.1 Å². The number of hydrogen-bond donors (Lipinski definition) is 4. The summed E-state index contributed by atoms with van der Waals surface area (Å²) in [5.74, 6) is 0.125. The van der Waals surface area contributed by atoms with Crippen molar-refractivity contribution in [2.75, 3.05) is 25.0 Å². The molecule has 2 heterocycles. The molecule has 0 spiro atoms. The first-order valence-corrected chi connectivity index (χ1v) is 13.7. The lowest BCUT2D eigenvalue weighted by Crippen LogP contribution is -2.42. The number of aromatic nitrogens is 2. The van der Waals surface area contributed by atoms with Crippen LogP contribution in [0.5, 0.6) is 0 Å². The minimum atomic E-state index is -3.86. The zero-order valence-corrected chi connectivity index (χ0v) is 21.0. The average molecular weight is 520 g/mol. The summed E-state index contributed by atoms with van der Waals surface area (Å²) in [4.78, 5) is 15.8. The number of fused-ring (bicyclic) bond motifs is 1. The van der Waals surface area contributed by atoms with Crippen LogP contribution in [0.1, 0.15) is 24.4 Å². The standard InChI is InChI=1S/C27H29N5O4S/c28-37(35,36)22-8-4-7-20(15-22)25-23-16-21(9-10-24(23)30-31-25)29-27(34)26(19-5-2-1-3-6-19)32-13-11-18(17-33)12-14-32/h1-10,15-16,18,26,33H,11-14,17H2,(H,29,34)(H,30,31)(H2,28,35,36). The Bertz CT molecular complexity index is 1510. The number of aliphatic hydroxyl groups is 1. The van der Waals surface area contributed by atoms with Crippen molar-refractivity contribution in [2.24, 2.45) is 11.1 Å². The number of hydrogen-bond acceptors (Lipinski definition) is 6. The molecular formula is C27H29N5O4S. The quantitative estimate of drug-likeness (QED) is 0.295.